The standard InChI is InChI=1S/C15H16ClIN2O2/c16-10-3-4-12(11(17)9-10)19-8-5-13(20)18-15(14(19)21)6-1-2-7-15/h3-4,9H,1-2,5-8H2,(H,18,20). The molecule has 2 fully saturated rings. The van der Waals surface area contributed by atoms with E-state index in [9.17, 15) is 9.59 Å². The van der Waals surface area contributed by atoms with Crippen LogP contribution in [0.5, 0.6) is 0 Å². The molecule has 1 N–H and O–H groups in total. The zero-order valence-corrected chi connectivity index (χ0v) is 14.4. The van der Waals surface area contributed by atoms with Crippen molar-refractivity contribution in [2.45, 2.75) is 37.6 Å². The van der Waals surface area contributed by atoms with Crippen LogP contribution >= 0.6 is 34.2 Å². The number of carbonyl (C=O) groups is 2. The summed E-state index contributed by atoms with van der Waals surface area (Å²) >= 11 is 8.18. The van der Waals surface area contributed by atoms with E-state index in [0.717, 1.165) is 34.9 Å². The minimum absolute atomic E-state index is 0.0195. The first-order valence-electron chi connectivity index (χ1n) is 7.10. The Morgan fingerprint density at radius 3 is 2.62 bits per heavy atom. The molecule has 1 aromatic rings. The van der Waals surface area contributed by atoms with Gasteiger partial charge in [0.05, 0.1) is 5.69 Å². The third kappa shape index (κ3) is 2.77. The van der Waals surface area contributed by atoms with Crippen LogP contribution in [0.15, 0.2) is 18.2 Å². The number of halogens is 2. The van der Waals surface area contributed by atoms with Crippen LogP contribution in [0.3, 0.4) is 0 Å². The third-order valence-corrected chi connectivity index (χ3v) is 5.35. The third-order valence-electron chi connectivity index (χ3n) is 4.25. The average molecular weight is 419 g/mol. The predicted octanol–water partition coefficient (Wildman–Crippen LogP) is 3.11. The van der Waals surface area contributed by atoms with Crippen LogP contribution in [-0.4, -0.2) is 23.9 Å². The molecule has 1 saturated carbocycles. The number of rotatable bonds is 1. The van der Waals surface area contributed by atoms with Crippen molar-refractivity contribution in [1.82, 2.24) is 5.32 Å². The van der Waals surface area contributed by atoms with Crippen molar-refractivity contribution < 1.29 is 9.59 Å². The molecule has 0 unspecified atom stereocenters. The second kappa shape index (κ2) is 5.76. The van der Waals surface area contributed by atoms with Gasteiger partial charge in [-0.3, -0.25) is 9.59 Å². The molecule has 21 heavy (non-hydrogen) atoms. The van der Waals surface area contributed by atoms with Crippen LogP contribution in [0.2, 0.25) is 5.02 Å². The highest BCUT2D eigenvalue weighted by molar-refractivity contribution is 14.1. The maximum Gasteiger partial charge on any atom is 0.252 e. The van der Waals surface area contributed by atoms with Crippen molar-refractivity contribution in [3.8, 4) is 0 Å². The monoisotopic (exact) mass is 418 g/mol. The number of benzene rings is 1. The van der Waals surface area contributed by atoms with E-state index < -0.39 is 5.54 Å². The molecule has 0 bridgehead atoms. The van der Waals surface area contributed by atoms with Crippen LogP contribution < -0.4 is 10.2 Å². The normalized spacial score (nSPS) is 21.5. The highest BCUT2D eigenvalue weighted by Gasteiger charge is 2.46. The summed E-state index contributed by atoms with van der Waals surface area (Å²) in [5.41, 5.74) is 0.142. The quantitative estimate of drug-likeness (QED) is 0.713. The van der Waals surface area contributed by atoms with Gasteiger partial charge in [0, 0.05) is 21.6 Å². The summed E-state index contributed by atoms with van der Waals surface area (Å²) in [5.74, 6) is -0.0113. The average Bonchev–Trinajstić information content (AvgIpc) is 2.85. The lowest BCUT2D eigenvalue weighted by atomic mass is 9.95. The fraction of sp³-hybridized carbons (Fsp3) is 0.467. The van der Waals surface area contributed by atoms with Crippen LogP contribution in [-0.2, 0) is 9.59 Å². The SMILES string of the molecule is O=C1CCN(c2ccc(Cl)cc2I)C(=O)C2(CCCC2)N1. The number of nitrogens with one attached hydrogen (secondary N) is 1. The maximum atomic E-state index is 13.0. The fourth-order valence-corrected chi connectivity index (χ4v) is 4.37. The van der Waals surface area contributed by atoms with E-state index in [2.05, 4.69) is 27.9 Å². The smallest absolute Gasteiger partial charge is 0.252 e. The van der Waals surface area contributed by atoms with Crippen molar-refractivity contribution in [2.75, 3.05) is 11.4 Å². The van der Waals surface area contributed by atoms with E-state index in [1.807, 2.05) is 12.1 Å². The first-order chi connectivity index (χ1) is 10.0. The molecule has 1 spiro atoms. The molecule has 0 radical (unpaired) electrons. The molecule has 3 rings (SSSR count). The van der Waals surface area contributed by atoms with E-state index in [4.69, 9.17) is 11.6 Å². The van der Waals surface area contributed by atoms with Gasteiger partial charge in [-0.2, -0.15) is 0 Å². The van der Waals surface area contributed by atoms with E-state index in [1.54, 1.807) is 11.0 Å². The minimum Gasteiger partial charge on any atom is -0.342 e. The summed E-state index contributed by atoms with van der Waals surface area (Å²) in [4.78, 5) is 26.8. The zero-order chi connectivity index (χ0) is 15.0. The number of amides is 2. The molecule has 112 valence electrons. The maximum absolute atomic E-state index is 13.0. The van der Waals surface area contributed by atoms with Crippen LogP contribution in [0.25, 0.3) is 0 Å². The molecule has 1 heterocycles. The Kier molecular flexibility index (Phi) is 4.14. The van der Waals surface area contributed by atoms with Crippen LogP contribution in [0.1, 0.15) is 32.1 Å². The Hall–Kier alpha value is -0.820. The van der Waals surface area contributed by atoms with Gasteiger partial charge in [-0.1, -0.05) is 24.4 Å². The summed E-state index contributed by atoms with van der Waals surface area (Å²) in [6, 6.07) is 5.49. The summed E-state index contributed by atoms with van der Waals surface area (Å²) < 4.78 is 0.927. The Bertz CT molecular complexity index is 599. The topological polar surface area (TPSA) is 49.4 Å². The summed E-state index contributed by atoms with van der Waals surface area (Å²) in [7, 11) is 0. The van der Waals surface area contributed by atoms with E-state index >= 15 is 0 Å². The highest BCUT2D eigenvalue weighted by atomic mass is 127. The van der Waals surface area contributed by atoms with E-state index in [0.29, 0.717) is 18.0 Å². The molecule has 0 aromatic heterocycles. The van der Waals surface area contributed by atoms with Crippen molar-refractivity contribution in [3.63, 3.8) is 0 Å². The largest absolute Gasteiger partial charge is 0.342 e. The number of hydrogen-bond donors (Lipinski definition) is 1. The van der Waals surface area contributed by atoms with Gasteiger partial charge in [-0.25, -0.2) is 0 Å². The highest BCUT2D eigenvalue weighted by Crippen LogP contribution is 2.36. The molecule has 1 aliphatic heterocycles. The van der Waals surface area contributed by atoms with Crippen LogP contribution in [0.4, 0.5) is 5.69 Å². The second-order valence-corrected chi connectivity index (χ2v) is 7.24. The van der Waals surface area contributed by atoms with Crippen molar-refractivity contribution in [2.24, 2.45) is 0 Å². The molecule has 0 atom stereocenters. The first-order valence-corrected chi connectivity index (χ1v) is 8.56. The fourth-order valence-electron chi connectivity index (χ4n) is 3.20. The Balaban J connectivity index is 2.00. The molecule has 4 nitrogen and oxygen atoms in total. The molecular weight excluding hydrogens is 403 g/mol. The summed E-state index contributed by atoms with van der Waals surface area (Å²) in [6.07, 6.45) is 3.78. The second-order valence-electron chi connectivity index (χ2n) is 5.64. The summed E-state index contributed by atoms with van der Waals surface area (Å²) in [6.45, 7) is 0.421. The van der Waals surface area contributed by atoms with Crippen LogP contribution in [0, 0.1) is 3.57 Å². The van der Waals surface area contributed by atoms with Gasteiger partial charge in [0.25, 0.3) is 5.91 Å². The number of carbonyl (C=O) groups excluding carboxylic acids is 2. The Labute approximate surface area is 142 Å². The first kappa shape index (κ1) is 15.1. The Morgan fingerprint density at radius 1 is 1.24 bits per heavy atom. The number of nitrogens with zero attached hydrogens (tertiary/aromatic N) is 1. The lowest BCUT2D eigenvalue weighted by molar-refractivity contribution is -0.129. The van der Waals surface area contributed by atoms with Crippen molar-refractivity contribution >= 4 is 51.7 Å². The van der Waals surface area contributed by atoms with Crippen molar-refractivity contribution in [1.29, 1.82) is 0 Å². The lowest BCUT2D eigenvalue weighted by Gasteiger charge is -2.32. The van der Waals surface area contributed by atoms with Gasteiger partial charge in [-0.15, -0.1) is 0 Å². The van der Waals surface area contributed by atoms with Gasteiger partial charge < -0.3 is 10.2 Å². The molecule has 1 aromatic carbocycles. The van der Waals surface area contributed by atoms with E-state index in [1.165, 1.54) is 0 Å². The number of hydrogen-bond acceptors (Lipinski definition) is 2. The zero-order valence-electron chi connectivity index (χ0n) is 11.5. The van der Waals surface area contributed by atoms with Gasteiger partial charge in [0.15, 0.2) is 0 Å². The van der Waals surface area contributed by atoms with Crippen molar-refractivity contribution in [3.05, 3.63) is 26.8 Å². The molecule has 2 aliphatic rings. The Morgan fingerprint density at radius 2 is 1.95 bits per heavy atom. The minimum atomic E-state index is -0.698. The lowest BCUT2D eigenvalue weighted by Crippen LogP contribution is -2.55. The van der Waals surface area contributed by atoms with Gasteiger partial charge in [0.2, 0.25) is 5.91 Å². The molecular formula is C15H16ClIN2O2. The molecule has 6 heteroatoms. The summed E-state index contributed by atoms with van der Waals surface area (Å²) in [5, 5.41) is 3.62. The van der Waals surface area contributed by atoms with E-state index in [-0.39, 0.29) is 11.8 Å². The van der Waals surface area contributed by atoms with Gasteiger partial charge in [-0.05, 0) is 53.6 Å². The van der Waals surface area contributed by atoms with Gasteiger partial charge >= 0.3 is 0 Å². The molecule has 1 aliphatic carbocycles. The molecule has 1 saturated heterocycles. The van der Waals surface area contributed by atoms with Gasteiger partial charge in [0.1, 0.15) is 5.54 Å². The molecule has 2 amide bonds. The predicted molar refractivity (Wildman–Crippen MR) is 90.5 cm³/mol. The number of anilines is 1.